The predicted molar refractivity (Wildman–Crippen MR) is 69.3 cm³/mol. The molecule has 0 radical (unpaired) electrons. The Balaban J connectivity index is 2.24. The number of nitrogen functional groups attached to an aromatic ring is 1. The maximum Gasteiger partial charge on any atom is 0.203 e. The van der Waals surface area contributed by atoms with E-state index in [4.69, 9.17) is 10.5 Å². The molecule has 2 aromatic rings. The molecule has 6 nitrogen and oxygen atoms in total. The number of imidazole rings is 1. The van der Waals surface area contributed by atoms with E-state index in [0.717, 1.165) is 42.9 Å². The van der Waals surface area contributed by atoms with Crippen LogP contribution in [0.3, 0.4) is 0 Å². The maximum atomic E-state index is 6.12. The van der Waals surface area contributed by atoms with Crippen molar-refractivity contribution < 1.29 is 4.74 Å². The molecular weight excluding hydrogens is 230 g/mol. The molecule has 2 N–H and O–H groups in total. The van der Waals surface area contributed by atoms with Crippen molar-refractivity contribution in [2.24, 2.45) is 7.05 Å². The first-order chi connectivity index (χ1) is 8.53. The number of nitrogens with two attached hydrogens (primary N) is 1. The zero-order valence-electron chi connectivity index (χ0n) is 11.1. The quantitative estimate of drug-likeness (QED) is 0.824. The van der Waals surface area contributed by atoms with Gasteiger partial charge in [-0.15, -0.1) is 0 Å². The molecule has 1 saturated heterocycles. The van der Waals surface area contributed by atoms with Crippen molar-refractivity contribution in [2.75, 3.05) is 18.9 Å². The van der Waals surface area contributed by atoms with Crippen LogP contribution in [0.15, 0.2) is 0 Å². The van der Waals surface area contributed by atoms with Gasteiger partial charge in [0.2, 0.25) is 5.95 Å². The van der Waals surface area contributed by atoms with E-state index >= 15 is 0 Å². The second-order valence-corrected chi connectivity index (χ2v) is 5.30. The Kier molecular flexibility index (Phi) is 2.38. The summed E-state index contributed by atoms with van der Waals surface area (Å²) in [6.45, 7) is 5.72. The summed E-state index contributed by atoms with van der Waals surface area (Å²) in [5, 5.41) is 4.42. The number of fused-ring (bicyclic) bond motifs is 1. The van der Waals surface area contributed by atoms with Crippen LogP contribution in [-0.4, -0.2) is 32.5 Å². The minimum atomic E-state index is -0.0304. The zero-order valence-corrected chi connectivity index (χ0v) is 11.1. The summed E-state index contributed by atoms with van der Waals surface area (Å²) in [5.74, 6) is 0.575. The fraction of sp³-hybridized carbons (Fsp3) is 0.667. The SMILES string of the molecule is Cc1nn(C)c2c1nc(N)n2C1(C)CCOCC1. The molecule has 3 rings (SSSR count). The van der Waals surface area contributed by atoms with Crippen LogP contribution in [0.4, 0.5) is 5.95 Å². The highest BCUT2D eigenvalue weighted by Gasteiger charge is 2.34. The summed E-state index contributed by atoms with van der Waals surface area (Å²) < 4.78 is 9.45. The number of aryl methyl sites for hydroxylation is 2. The molecule has 0 amide bonds. The highest BCUT2D eigenvalue weighted by atomic mass is 16.5. The Morgan fingerprint density at radius 3 is 2.67 bits per heavy atom. The van der Waals surface area contributed by atoms with Crippen LogP contribution in [0, 0.1) is 6.92 Å². The van der Waals surface area contributed by atoms with Crippen LogP contribution >= 0.6 is 0 Å². The molecule has 0 aromatic carbocycles. The molecule has 6 heteroatoms. The zero-order chi connectivity index (χ0) is 12.9. The highest BCUT2D eigenvalue weighted by Crippen LogP contribution is 2.35. The van der Waals surface area contributed by atoms with Crippen LogP contribution in [0.2, 0.25) is 0 Å². The van der Waals surface area contributed by atoms with E-state index in [1.54, 1.807) is 0 Å². The molecule has 0 atom stereocenters. The first-order valence-corrected chi connectivity index (χ1v) is 6.29. The van der Waals surface area contributed by atoms with Gasteiger partial charge in [0.05, 0.1) is 11.2 Å². The molecular formula is C12H19N5O. The molecule has 1 aliphatic rings. The monoisotopic (exact) mass is 249 g/mol. The van der Waals surface area contributed by atoms with Crippen molar-refractivity contribution in [1.82, 2.24) is 19.3 Å². The van der Waals surface area contributed by atoms with E-state index in [2.05, 4.69) is 21.6 Å². The molecule has 1 aliphatic heterocycles. The molecule has 0 aliphatic carbocycles. The molecule has 0 bridgehead atoms. The van der Waals surface area contributed by atoms with Crippen molar-refractivity contribution >= 4 is 17.1 Å². The van der Waals surface area contributed by atoms with Crippen LogP contribution in [-0.2, 0) is 17.3 Å². The lowest BCUT2D eigenvalue weighted by Crippen LogP contribution is -2.37. The Morgan fingerprint density at radius 1 is 1.33 bits per heavy atom. The van der Waals surface area contributed by atoms with Crippen LogP contribution in [0.1, 0.15) is 25.5 Å². The summed E-state index contributed by atoms with van der Waals surface area (Å²) >= 11 is 0. The third-order valence-corrected chi connectivity index (χ3v) is 3.94. The second-order valence-electron chi connectivity index (χ2n) is 5.30. The van der Waals surface area contributed by atoms with Gasteiger partial charge in [0, 0.05) is 20.3 Å². The minimum Gasteiger partial charge on any atom is -0.381 e. The van der Waals surface area contributed by atoms with E-state index < -0.39 is 0 Å². The number of ether oxygens (including phenoxy) is 1. The fourth-order valence-electron chi connectivity index (χ4n) is 2.86. The standard InChI is InChI=1S/C12H19N5O/c1-8-9-10(16(3)15-8)17(11(13)14-9)12(2)4-6-18-7-5-12/h4-7H2,1-3H3,(H2,13,14). The summed E-state index contributed by atoms with van der Waals surface area (Å²) in [6, 6.07) is 0. The van der Waals surface area contributed by atoms with Crippen molar-refractivity contribution in [1.29, 1.82) is 0 Å². The van der Waals surface area contributed by atoms with E-state index in [1.165, 1.54) is 0 Å². The molecule has 0 saturated carbocycles. The van der Waals surface area contributed by atoms with Gasteiger partial charge in [-0.2, -0.15) is 5.10 Å². The smallest absolute Gasteiger partial charge is 0.203 e. The largest absolute Gasteiger partial charge is 0.381 e. The van der Waals surface area contributed by atoms with E-state index in [9.17, 15) is 0 Å². The highest BCUT2D eigenvalue weighted by molar-refractivity contribution is 5.77. The number of anilines is 1. The lowest BCUT2D eigenvalue weighted by Gasteiger charge is -2.35. The molecule has 98 valence electrons. The number of hydrogen-bond acceptors (Lipinski definition) is 4. The Hall–Kier alpha value is -1.56. The number of nitrogens with zero attached hydrogens (tertiary/aromatic N) is 4. The number of hydrogen-bond donors (Lipinski definition) is 1. The van der Waals surface area contributed by atoms with Gasteiger partial charge in [0.25, 0.3) is 0 Å². The van der Waals surface area contributed by atoms with Crippen molar-refractivity contribution in [3.8, 4) is 0 Å². The molecule has 18 heavy (non-hydrogen) atoms. The summed E-state index contributed by atoms with van der Waals surface area (Å²) in [5.41, 5.74) is 8.93. The fourth-order valence-corrected chi connectivity index (χ4v) is 2.86. The third kappa shape index (κ3) is 1.45. The van der Waals surface area contributed by atoms with E-state index in [-0.39, 0.29) is 5.54 Å². The molecule has 1 fully saturated rings. The Bertz CT molecular complexity index is 591. The van der Waals surface area contributed by atoms with Gasteiger partial charge in [0.1, 0.15) is 5.52 Å². The predicted octanol–water partition coefficient (Wildman–Crippen LogP) is 1.19. The summed E-state index contributed by atoms with van der Waals surface area (Å²) in [4.78, 5) is 4.47. The van der Waals surface area contributed by atoms with E-state index in [0.29, 0.717) is 5.95 Å². The maximum absolute atomic E-state index is 6.12. The third-order valence-electron chi connectivity index (χ3n) is 3.94. The van der Waals surface area contributed by atoms with Crippen LogP contribution in [0.25, 0.3) is 11.2 Å². The normalized spacial score (nSPS) is 19.5. The number of aromatic nitrogens is 4. The van der Waals surface area contributed by atoms with Gasteiger partial charge >= 0.3 is 0 Å². The van der Waals surface area contributed by atoms with Gasteiger partial charge in [-0.3, -0.25) is 9.25 Å². The van der Waals surface area contributed by atoms with Crippen LogP contribution in [0.5, 0.6) is 0 Å². The van der Waals surface area contributed by atoms with Crippen molar-refractivity contribution in [3.05, 3.63) is 5.69 Å². The molecule has 0 spiro atoms. The summed E-state index contributed by atoms with van der Waals surface area (Å²) in [7, 11) is 1.94. The average molecular weight is 249 g/mol. The molecule has 3 heterocycles. The molecule has 0 unspecified atom stereocenters. The molecule has 2 aromatic heterocycles. The van der Waals surface area contributed by atoms with Gasteiger partial charge in [-0.25, -0.2) is 4.98 Å². The Labute approximate surface area is 106 Å². The Morgan fingerprint density at radius 2 is 2.00 bits per heavy atom. The van der Waals surface area contributed by atoms with Gasteiger partial charge in [-0.1, -0.05) is 0 Å². The van der Waals surface area contributed by atoms with Crippen LogP contribution < -0.4 is 5.73 Å². The van der Waals surface area contributed by atoms with Gasteiger partial charge in [-0.05, 0) is 26.7 Å². The van der Waals surface area contributed by atoms with Crippen molar-refractivity contribution in [2.45, 2.75) is 32.2 Å². The van der Waals surface area contributed by atoms with Crippen molar-refractivity contribution in [3.63, 3.8) is 0 Å². The van der Waals surface area contributed by atoms with E-state index in [1.807, 2.05) is 18.7 Å². The first kappa shape index (κ1) is 11.5. The topological polar surface area (TPSA) is 70.9 Å². The first-order valence-electron chi connectivity index (χ1n) is 6.29. The lowest BCUT2D eigenvalue weighted by molar-refractivity contribution is 0.0316. The minimum absolute atomic E-state index is 0.0304. The number of rotatable bonds is 1. The second kappa shape index (κ2) is 3.71. The van der Waals surface area contributed by atoms with Gasteiger partial charge < -0.3 is 10.5 Å². The average Bonchev–Trinajstić information content (AvgIpc) is 2.79. The summed E-state index contributed by atoms with van der Waals surface area (Å²) in [6.07, 6.45) is 1.90. The lowest BCUT2D eigenvalue weighted by atomic mass is 9.92. The van der Waals surface area contributed by atoms with Gasteiger partial charge in [0.15, 0.2) is 5.65 Å².